The molecule has 0 spiro atoms. The fourth-order valence-corrected chi connectivity index (χ4v) is 2.88. The van der Waals surface area contributed by atoms with Crippen LogP contribution in [0.4, 0.5) is 0 Å². The Hall–Kier alpha value is -2.13. The molecule has 3 rings (SSSR count). The monoisotopic (exact) mass is 301 g/mol. The molecule has 0 saturated carbocycles. The van der Waals surface area contributed by atoms with Gasteiger partial charge in [0.05, 0.1) is 13.7 Å². The second kappa shape index (κ2) is 5.34. The Morgan fingerprint density at radius 3 is 2.57 bits per heavy atom. The van der Waals surface area contributed by atoms with Gasteiger partial charge in [0.1, 0.15) is 5.75 Å². The summed E-state index contributed by atoms with van der Waals surface area (Å²) in [6.07, 6.45) is 1.92. The molecule has 3 aromatic rings. The van der Waals surface area contributed by atoms with Crippen LogP contribution < -0.4 is 4.74 Å². The number of benzene rings is 2. The highest BCUT2D eigenvalue weighted by molar-refractivity contribution is 6.31. The number of ether oxygens (including phenoxy) is 1. The van der Waals surface area contributed by atoms with E-state index in [1.54, 1.807) is 7.11 Å². The van der Waals surface area contributed by atoms with Crippen molar-refractivity contribution in [2.75, 3.05) is 7.11 Å². The lowest BCUT2D eigenvalue weighted by Gasteiger charge is -2.06. The van der Waals surface area contributed by atoms with E-state index in [-0.39, 0.29) is 5.88 Å². The van der Waals surface area contributed by atoms with E-state index in [1.165, 1.54) is 0 Å². The van der Waals surface area contributed by atoms with Crippen molar-refractivity contribution in [3.05, 3.63) is 58.7 Å². The Labute approximate surface area is 128 Å². The molecule has 0 saturated heterocycles. The number of aryl methyl sites for hydroxylation is 1. The van der Waals surface area contributed by atoms with Crippen molar-refractivity contribution in [3.63, 3.8) is 0 Å². The van der Waals surface area contributed by atoms with Gasteiger partial charge < -0.3 is 14.4 Å². The molecule has 108 valence electrons. The second-order valence-corrected chi connectivity index (χ2v) is 5.55. The molecule has 0 fully saturated rings. The molecule has 2 aromatic carbocycles. The van der Waals surface area contributed by atoms with E-state index >= 15 is 0 Å². The van der Waals surface area contributed by atoms with E-state index in [0.29, 0.717) is 11.6 Å². The number of fused-ring (bicyclic) bond motifs is 1. The molecule has 0 bridgehead atoms. The lowest BCUT2D eigenvalue weighted by Crippen LogP contribution is -1.97. The van der Waals surface area contributed by atoms with Crippen LogP contribution in [-0.4, -0.2) is 16.8 Å². The third-order valence-electron chi connectivity index (χ3n) is 3.63. The van der Waals surface area contributed by atoms with Crippen molar-refractivity contribution in [3.8, 4) is 11.6 Å². The largest absolute Gasteiger partial charge is 0.497 e. The Kier molecular flexibility index (Phi) is 3.52. The summed E-state index contributed by atoms with van der Waals surface area (Å²) in [5.74, 6) is 1.10. The van der Waals surface area contributed by atoms with Gasteiger partial charge in [0, 0.05) is 22.0 Å². The fourth-order valence-electron chi connectivity index (χ4n) is 2.60. The second-order valence-electron chi connectivity index (χ2n) is 5.12. The molecular weight excluding hydrogens is 286 g/mol. The van der Waals surface area contributed by atoms with Crippen LogP contribution in [0.25, 0.3) is 10.8 Å². The highest BCUT2D eigenvalue weighted by atomic mass is 35.5. The van der Waals surface area contributed by atoms with Gasteiger partial charge in [-0.25, -0.2) is 0 Å². The minimum atomic E-state index is 0.273. The molecule has 0 atom stereocenters. The molecule has 3 nitrogen and oxygen atoms in total. The molecule has 1 heterocycles. The van der Waals surface area contributed by atoms with Crippen LogP contribution in [0.2, 0.25) is 5.02 Å². The Morgan fingerprint density at radius 2 is 1.90 bits per heavy atom. The summed E-state index contributed by atoms with van der Waals surface area (Å²) >= 11 is 6.07. The number of methoxy groups -OCH3 is 1. The lowest BCUT2D eigenvalue weighted by molar-refractivity contribution is 0.414. The summed E-state index contributed by atoms with van der Waals surface area (Å²) in [5.41, 5.74) is 2.07. The molecule has 0 amide bonds. The van der Waals surface area contributed by atoms with Gasteiger partial charge in [-0.3, -0.25) is 0 Å². The quantitative estimate of drug-likeness (QED) is 0.779. The van der Waals surface area contributed by atoms with Crippen LogP contribution in [0.15, 0.2) is 42.6 Å². The number of aromatic hydroxyl groups is 1. The van der Waals surface area contributed by atoms with Crippen molar-refractivity contribution in [2.24, 2.45) is 0 Å². The average molecular weight is 302 g/mol. The number of aromatic nitrogens is 1. The van der Waals surface area contributed by atoms with Gasteiger partial charge in [-0.15, -0.1) is 0 Å². The zero-order chi connectivity index (χ0) is 15.0. The van der Waals surface area contributed by atoms with Crippen molar-refractivity contribution < 1.29 is 9.84 Å². The Bertz CT molecular complexity index is 791. The molecule has 1 aromatic heterocycles. The number of hydrogen-bond acceptors (Lipinski definition) is 2. The summed E-state index contributed by atoms with van der Waals surface area (Å²) in [4.78, 5) is 0. The number of nitrogens with zero attached hydrogens (tertiary/aromatic N) is 1. The summed E-state index contributed by atoms with van der Waals surface area (Å²) in [6, 6.07) is 11.5. The van der Waals surface area contributed by atoms with Crippen LogP contribution in [0.1, 0.15) is 11.1 Å². The van der Waals surface area contributed by atoms with E-state index in [0.717, 1.165) is 27.6 Å². The third kappa shape index (κ3) is 2.57. The smallest absolute Gasteiger partial charge is 0.199 e. The van der Waals surface area contributed by atoms with Crippen LogP contribution in [0, 0.1) is 6.92 Å². The summed E-state index contributed by atoms with van der Waals surface area (Å²) in [6.45, 7) is 2.55. The fraction of sp³-hybridized carbons (Fsp3) is 0.176. The van der Waals surface area contributed by atoms with Gasteiger partial charge in [0.15, 0.2) is 5.88 Å². The lowest BCUT2D eigenvalue weighted by atomic mass is 10.1. The van der Waals surface area contributed by atoms with Gasteiger partial charge in [-0.2, -0.15) is 0 Å². The zero-order valence-electron chi connectivity index (χ0n) is 11.9. The normalized spacial score (nSPS) is 11.0. The van der Waals surface area contributed by atoms with Gasteiger partial charge >= 0.3 is 0 Å². The van der Waals surface area contributed by atoms with Gasteiger partial charge in [-0.1, -0.05) is 23.7 Å². The van der Waals surface area contributed by atoms with Crippen molar-refractivity contribution in [1.82, 2.24) is 4.57 Å². The van der Waals surface area contributed by atoms with E-state index in [9.17, 15) is 5.11 Å². The maximum Gasteiger partial charge on any atom is 0.199 e. The first kappa shape index (κ1) is 13.8. The maximum atomic E-state index is 10.4. The molecule has 0 aliphatic heterocycles. The van der Waals surface area contributed by atoms with Gasteiger partial charge in [0.2, 0.25) is 0 Å². The Balaban J connectivity index is 2.00. The number of halogens is 1. The molecule has 4 heteroatoms. The van der Waals surface area contributed by atoms with Gasteiger partial charge in [0.25, 0.3) is 0 Å². The molecule has 0 radical (unpaired) electrons. The first-order valence-corrected chi connectivity index (χ1v) is 7.07. The molecule has 0 unspecified atom stereocenters. The zero-order valence-corrected chi connectivity index (χ0v) is 12.7. The summed E-state index contributed by atoms with van der Waals surface area (Å²) in [5, 5.41) is 12.9. The first-order valence-electron chi connectivity index (χ1n) is 6.69. The van der Waals surface area contributed by atoms with E-state index in [4.69, 9.17) is 16.3 Å². The molecular formula is C17H16ClNO2. The van der Waals surface area contributed by atoms with Crippen molar-refractivity contribution >= 4 is 22.4 Å². The maximum absolute atomic E-state index is 10.4. The van der Waals surface area contributed by atoms with E-state index < -0.39 is 0 Å². The molecule has 21 heavy (non-hydrogen) atoms. The van der Waals surface area contributed by atoms with Crippen LogP contribution >= 0.6 is 11.6 Å². The minimum Gasteiger partial charge on any atom is -0.497 e. The van der Waals surface area contributed by atoms with Crippen molar-refractivity contribution in [1.29, 1.82) is 0 Å². The minimum absolute atomic E-state index is 0.273. The highest BCUT2D eigenvalue weighted by Crippen LogP contribution is 2.33. The molecule has 0 aliphatic carbocycles. The first-order chi connectivity index (χ1) is 10.1. The van der Waals surface area contributed by atoms with Crippen molar-refractivity contribution in [2.45, 2.75) is 13.5 Å². The number of hydrogen-bond donors (Lipinski definition) is 1. The van der Waals surface area contributed by atoms with Crippen LogP contribution in [0.5, 0.6) is 11.6 Å². The Morgan fingerprint density at radius 1 is 1.19 bits per heavy atom. The van der Waals surface area contributed by atoms with Crippen LogP contribution in [0.3, 0.4) is 0 Å². The molecule has 0 aliphatic rings. The van der Waals surface area contributed by atoms with E-state index in [2.05, 4.69) is 0 Å². The van der Waals surface area contributed by atoms with Gasteiger partial charge in [-0.05, 0) is 42.3 Å². The molecule has 1 N–H and O–H groups in total. The topological polar surface area (TPSA) is 34.4 Å². The van der Waals surface area contributed by atoms with E-state index in [1.807, 2.05) is 54.1 Å². The predicted octanol–water partition coefficient (Wildman–Crippen LogP) is 4.37. The average Bonchev–Trinajstić information content (AvgIpc) is 2.76. The third-order valence-corrected chi connectivity index (χ3v) is 3.85. The van der Waals surface area contributed by atoms with Crippen LogP contribution in [-0.2, 0) is 6.54 Å². The SMILES string of the molecule is COc1ccc(Cn2cc3cc(Cl)cc(C)c3c2O)cc1. The number of rotatable bonds is 3. The summed E-state index contributed by atoms with van der Waals surface area (Å²) < 4.78 is 6.98. The summed E-state index contributed by atoms with van der Waals surface area (Å²) in [7, 11) is 1.64. The predicted molar refractivity (Wildman–Crippen MR) is 85.4 cm³/mol. The standard InChI is InChI=1S/C17H16ClNO2/c1-11-7-14(18)8-13-10-19(17(20)16(11)13)9-12-3-5-15(21-2)6-4-12/h3-8,10,20H,9H2,1-2H3. The highest BCUT2D eigenvalue weighted by Gasteiger charge is 2.11.